The third-order valence-electron chi connectivity index (χ3n) is 2.15. The maximum absolute atomic E-state index is 11.3. The lowest BCUT2D eigenvalue weighted by Crippen LogP contribution is -2.05. The molecule has 14 heavy (non-hydrogen) atoms. The molecule has 72 valence electrons. The first-order chi connectivity index (χ1) is 6.72. The van der Waals surface area contributed by atoms with Crippen LogP contribution in [0.2, 0.25) is 0 Å². The van der Waals surface area contributed by atoms with E-state index in [2.05, 4.69) is 9.84 Å². The number of fused-ring (bicyclic) bond motifs is 1. The molecule has 2 aromatic heterocycles. The molecule has 0 saturated heterocycles. The van der Waals surface area contributed by atoms with Gasteiger partial charge in [-0.15, -0.1) is 0 Å². The molecule has 2 aromatic rings. The van der Waals surface area contributed by atoms with E-state index in [0.29, 0.717) is 5.56 Å². The second kappa shape index (κ2) is 3.14. The van der Waals surface area contributed by atoms with Crippen molar-refractivity contribution in [3.8, 4) is 0 Å². The van der Waals surface area contributed by atoms with Gasteiger partial charge in [0.1, 0.15) is 0 Å². The van der Waals surface area contributed by atoms with E-state index >= 15 is 0 Å². The number of pyridine rings is 1. The number of nitrogens with zero attached hydrogens (tertiary/aromatic N) is 2. The van der Waals surface area contributed by atoms with Gasteiger partial charge < -0.3 is 4.74 Å². The lowest BCUT2D eigenvalue weighted by Gasteiger charge is -2.04. The lowest BCUT2D eigenvalue weighted by molar-refractivity contribution is 0.0599. The van der Waals surface area contributed by atoms with Gasteiger partial charge in [-0.2, -0.15) is 5.10 Å². The van der Waals surface area contributed by atoms with Gasteiger partial charge in [0.2, 0.25) is 0 Å². The smallest absolute Gasteiger partial charge is 0.339 e. The van der Waals surface area contributed by atoms with E-state index in [1.54, 1.807) is 16.9 Å². The van der Waals surface area contributed by atoms with E-state index in [9.17, 15) is 4.79 Å². The number of rotatable bonds is 1. The zero-order valence-electron chi connectivity index (χ0n) is 8.02. The monoisotopic (exact) mass is 190 g/mol. The highest BCUT2D eigenvalue weighted by Crippen LogP contribution is 2.12. The van der Waals surface area contributed by atoms with E-state index in [1.165, 1.54) is 7.11 Å². The van der Waals surface area contributed by atoms with Crippen LogP contribution in [0.3, 0.4) is 0 Å². The predicted molar refractivity (Wildman–Crippen MR) is 51.3 cm³/mol. The van der Waals surface area contributed by atoms with Crippen molar-refractivity contribution in [2.24, 2.45) is 0 Å². The molecule has 0 radical (unpaired) electrons. The molecule has 2 rings (SSSR count). The quantitative estimate of drug-likeness (QED) is 0.639. The van der Waals surface area contributed by atoms with E-state index in [1.807, 2.05) is 19.1 Å². The summed E-state index contributed by atoms with van der Waals surface area (Å²) in [7, 11) is 1.37. The Morgan fingerprint density at radius 2 is 2.36 bits per heavy atom. The third-order valence-corrected chi connectivity index (χ3v) is 2.15. The van der Waals surface area contributed by atoms with Gasteiger partial charge in [0, 0.05) is 12.4 Å². The average Bonchev–Trinajstić information content (AvgIpc) is 2.62. The van der Waals surface area contributed by atoms with Crippen LogP contribution >= 0.6 is 0 Å². The molecule has 4 heteroatoms. The normalized spacial score (nSPS) is 10.4. The fraction of sp³-hybridized carbons (Fsp3) is 0.200. The summed E-state index contributed by atoms with van der Waals surface area (Å²) < 4.78 is 6.31. The van der Waals surface area contributed by atoms with E-state index < -0.39 is 0 Å². The summed E-state index contributed by atoms with van der Waals surface area (Å²) in [5, 5.41) is 4.05. The Hall–Kier alpha value is -1.84. The van der Waals surface area contributed by atoms with Crippen LogP contribution in [-0.2, 0) is 4.74 Å². The first-order valence-electron chi connectivity index (χ1n) is 4.24. The Kier molecular flexibility index (Phi) is 1.96. The minimum Gasteiger partial charge on any atom is -0.465 e. The minimum atomic E-state index is -0.333. The van der Waals surface area contributed by atoms with E-state index in [4.69, 9.17) is 0 Å². The number of ether oxygens (including phenoxy) is 1. The Morgan fingerprint density at radius 1 is 1.57 bits per heavy atom. The molecule has 0 spiro atoms. The molecule has 0 amide bonds. The molecular formula is C10H10N2O2. The van der Waals surface area contributed by atoms with Gasteiger partial charge in [0.25, 0.3) is 0 Å². The van der Waals surface area contributed by atoms with Crippen molar-refractivity contribution in [3.63, 3.8) is 0 Å². The molecule has 0 fully saturated rings. The summed E-state index contributed by atoms with van der Waals surface area (Å²) in [6.45, 7) is 1.87. The Bertz CT molecular complexity index is 488. The van der Waals surface area contributed by atoms with Crippen molar-refractivity contribution in [1.82, 2.24) is 9.61 Å². The van der Waals surface area contributed by atoms with Crippen molar-refractivity contribution < 1.29 is 9.53 Å². The van der Waals surface area contributed by atoms with Crippen LogP contribution in [-0.4, -0.2) is 22.7 Å². The van der Waals surface area contributed by atoms with E-state index in [-0.39, 0.29) is 5.97 Å². The third kappa shape index (κ3) is 1.25. The molecule has 0 aliphatic heterocycles. The maximum atomic E-state index is 11.3. The number of aromatic nitrogens is 2. The van der Waals surface area contributed by atoms with Crippen LogP contribution in [0.4, 0.5) is 0 Å². The molecular weight excluding hydrogens is 180 g/mol. The summed E-state index contributed by atoms with van der Waals surface area (Å²) in [5.74, 6) is -0.333. The molecule has 0 unspecified atom stereocenters. The Balaban J connectivity index is 2.64. The SMILES string of the molecule is COC(=O)c1cn2nccc2cc1C. The predicted octanol–water partition coefficient (Wildman–Crippen LogP) is 1.43. The Morgan fingerprint density at radius 3 is 3.07 bits per heavy atom. The van der Waals surface area contributed by atoms with Gasteiger partial charge in [0.05, 0.1) is 18.2 Å². The molecule has 0 atom stereocenters. The van der Waals surface area contributed by atoms with Crippen LogP contribution in [0, 0.1) is 6.92 Å². The largest absolute Gasteiger partial charge is 0.465 e. The average molecular weight is 190 g/mol. The highest BCUT2D eigenvalue weighted by molar-refractivity contribution is 5.91. The second-order valence-electron chi connectivity index (χ2n) is 3.06. The molecule has 0 aliphatic rings. The van der Waals surface area contributed by atoms with E-state index in [0.717, 1.165) is 11.1 Å². The van der Waals surface area contributed by atoms with Crippen LogP contribution in [0.25, 0.3) is 5.52 Å². The highest BCUT2D eigenvalue weighted by atomic mass is 16.5. The number of carbonyl (C=O) groups excluding carboxylic acids is 1. The lowest BCUT2D eigenvalue weighted by atomic mass is 10.1. The van der Waals surface area contributed by atoms with Crippen LogP contribution in [0.15, 0.2) is 24.5 Å². The molecule has 4 nitrogen and oxygen atoms in total. The Labute approximate surface area is 81.1 Å². The molecule has 0 aliphatic carbocycles. The van der Waals surface area contributed by atoms with Crippen LogP contribution in [0.5, 0.6) is 0 Å². The van der Waals surface area contributed by atoms with Gasteiger partial charge in [-0.3, -0.25) is 0 Å². The van der Waals surface area contributed by atoms with Gasteiger partial charge in [-0.25, -0.2) is 9.31 Å². The van der Waals surface area contributed by atoms with Gasteiger partial charge in [-0.1, -0.05) is 0 Å². The maximum Gasteiger partial charge on any atom is 0.339 e. The summed E-state index contributed by atoms with van der Waals surface area (Å²) >= 11 is 0. The standard InChI is InChI=1S/C10H10N2O2/c1-7-5-8-3-4-11-12(8)6-9(7)10(13)14-2/h3-6H,1-2H3. The first-order valence-corrected chi connectivity index (χ1v) is 4.24. The summed E-state index contributed by atoms with van der Waals surface area (Å²) in [6.07, 6.45) is 3.37. The number of methoxy groups -OCH3 is 1. The summed E-state index contributed by atoms with van der Waals surface area (Å²) in [5.41, 5.74) is 2.41. The molecule has 0 aromatic carbocycles. The molecule has 2 heterocycles. The molecule has 0 saturated carbocycles. The van der Waals surface area contributed by atoms with Crippen molar-refractivity contribution >= 4 is 11.5 Å². The number of hydrogen-bond acceptors (Lipinski definition) is 3. The fourth-order valence-electron chi connectivity index (χ4n) is 1.39. The summed E-state index contributed by atoms with van der Waals surface area (Å²) in [4.78, 5) is 11.3. The van der Waals surface area contributed by atoms with Gasteiger partial charge in [0.15, 0.2) is 0 Å². The van der Waals surface area contributed by atoms with Crippen LogP contribution < -0.4 is 0 Å². The molecule has 0 bridgehead atoms. The molecule has 0 N–H and O–H groups in total. The fourth-order valence-corrected chi connectivity index (χ4v) is 1.39. The van der Waals surface area contributed by atoms with Crippen LogP contribution in [0.1, 0.15) is 15.9 Å². The van der Waals surface area contributed by atoms with Gasteiger partial charge in [-0.05, 0) is 24.6 Å². The number of esters is 1. The first kappa shape index (κ1) is 8.74. The number of aryl methyl sites for hydroxylation is 1. The van der Waals surface area contributed by atoms with Gasteiger partial charge >= 0.3 is 5.97 Å². The van der Waals surface area contributed by atoms with Crippen molar-refractivity contribution in [2.45, 2.75) is 6.92 Å². The zero-order chi connectivity index (χ0) is 10.1. The topological polar surface area (TPSA) is 43.6 Å². The second-order valence-corrected chi connectivity index (χ2v) is 3.06. The summed E-state index contributed by atoms with van der Waals surface area (Å²) in [6, 6.07) is 3.79. The number of hydrogen-bond donors (Lipinski definition) is 0. The zero-order valence-corrected chi connectivity index (χ0v) is 8.02. The highest BCUT2D eigenvalue weighted by Gasteiger charge is 2.10. The minimum absolute atomic E-state index is 0.333. The van der Waals surface area contributed by atoms with Crippen molar-refractivity contribution in [1.29, 1.82) is 0 Å². The number of carbonyl (C=O) groups is 1. The van der Waals surface area contributed by atoms with Crippen molar-refractivity contribution in [2.75, 3.05) is 7.11 Å². The van der Waals surface area contributed by atoms with Crippen molar-refractivity contribution in [3.05, 3.63) is 35.7 Å².